The van der Waals surface area contributed by atoms with Gasteiger partial charge in [-0.2, -0.15) is 0 Å². The van der Waals surface area contributed by atoms with Crippen LogP contribution in [0.4, 0.5) is 5.69 Å². The highest BCUT2D eigenvalue weighted by Gasteiger charge is 2.51. The van der Waals surface area contributed by atoms with Crippen molar-refractivity contribution in [2.24, 2.45) is 5.41 Å². The molecule has 29 heavy (non-hydrogen) atoms. The summed E-state index contributed by atoms with van der Waals surface area (Å²) in [4.78, 5) is 15.1. The summed E-state index contributed by atoms with van der Waals surface area (Å²) in [6, 6.07) is 14.1. The van der Waals surface area contributed by atoms with Gasteiger partial charge in [0, 0.05) is 35.4 Å². The maximum Gasteiger partial charge on any atom is 0.234 e. The molecule has 0 aromatic heterocycles. The first-order valence-corrected chi connectivity index (χ1v) is 12.0. The molecule has 8 heteroatoms. The number of sulfonamides is 1. The minimum atomic E-state index is -3.57. The lowest BCUT2D eigenvalue weighted by Gasteiger charge is -2.38. The zero-order chi connectivity index (χ0) is 20.6. The number of amides is 1. The van der Waals surface area contributed by atoms with Crippen LogP contribution in [0.15, 0.2) is 48.5 Å². The third-order valence-corrected chi connectivity index (χ3v) is 8.28. The summed E-state index contributed by atoms with van der Waals surface area (Å²) >= 11 is 12.1. The predicted molar refractivity (Wildman–Crippen MR) is 116 cm³/mol. The van der Waals surface area contributed by atoms with E-state index < -0.39 is 15.4 Å². The van der Waals surface area contributed by atoms with Gasteiger partial charge in [-0.1, -0.05) is 41.4 Å². The summed E-state index contributed by atoms with van der Waals surface area (Å²) in [6.45, 7) is 1.24. The average molecular weight is 453 g/mol. The Morgan fingerprint density at radius 3 is 2.41 bits per heavy atom. The molecule has 2 aromatic rings. The number of nitrogens with zero attached hydrogens (tertiary/aromatic N) is 2. The molecule has 2 fully saturated rings. The second-order valence-electron chi connectivity index (χ2n) is 7.75. The Balaban J connectivity index is 1.54. The smallest absolute Gasteiger partial charge is 0.234 e. The number of rotatable bonds is 4. The molecule has 2 heterocycles. The lowest BCUT2D eigenvalue weighted by molar-refractivity contribution is -0.127. The molecule has 0 saturated carbocycles. The lowest BCUT2D eigenvalue weighted by atomic mass is 9.79. The molecule has 2 saturated heterocycles. The molecule has 1 spiro atoms. The Morgan fingerprint density at radius 1 is 0.966 bits per heavy atom. The van der Waals surface area contributed by atoms with E-state index in [4.69, 9.17) is 23.2 Å². The number of benzene rings is 2. The first kappa shape index (κ1) is 20.7. The number of anilines is 1. The molecule has 0 bridgehead atoms. The minimum Gasteiger partial charge on any atom is -0.312 e. The van der Waals surface area contributed by atoms with Gasteiger partial charge in [-0.25, -0.2) is 12.7 Å². The number of carbonyl (C=O) groups is 1. The van der Waals surface area contributed by atoms with Gasteiger partial charge in [0.15, 0.2) is 0 Å². The predicted octanol–water partition coefficient (Wildman–Crippen LogP) is 4.34. The highest BCUT2D eigenvalue weighted by molar-refractivity contribution is 7.88. The molecule has 2 aromatic carbocycles. The summed E-state index contributed by atoms with van der Waals surface area (Å²) in [6.07, 6.45) is 2.02. The van der Waals surface area contributed by atoms with Gasteiger partial charge >= 0.3 is 0 Å². The molecule has 154 valence electrons. The maximum absolute atomic E-state index is 13.3. The molecular weight excluding hydrogens is 431 g/mol. The zero-order valence-corrected chi connectivity index (χ0v) is 18.2. The Kier molecular flexibility index (Phi) is 5.64. The average Bonchev–Trinajstić information content (AvgIpc) is 3.00. The first-order valence-electron chi connectivity index (χ1n) is 9.60. The highest BCUT2D eigenvalue weighted by atomic mass is 35.5. The van der Waals surface area contributed by atoms with E-state index >= 15 is 0 Å². The molecule has 1 atom stereocenters. The largest absolute Gasteiger partial charge is 0.312 e. The van der Waals surface area contributed by atoms with Crippen molar-refractivity contribution >= 4 is 44.8 Å². The Labute approximate surface area is 181 Å². The van der Waals surface area contributed by atoms with E-state index in [0.29, 0.717) is 48.0 Å². The van der Waals surface area contributed by atoms with Crippen LogP contribution in [-0.2, 0) is 20.6 Å². The number of carbonyl (C=O) groups excluding carboxylic acids is 1. The van der Waals surface area contributed by atoms with Gasteiger partial charge in [0.2, 0.25) is 15.9 Å². The fourth-order valence-electron chi connectivity index (χ4n) is 4.30. The second kappa shape index (κ2) is 7.91. The number of hydrogen-bond acceptors (Lipinski definition) is 3. The quantitative estimate of drug-likeness (QED) is 0.692. The van der Waals surface area contributed by atoms with Crippen molar-refractivity contribution in [2.45, 2.75) is 25.0 Å². The zero-order valence-electron chi connectivity index (χ0n) is 15.9. The Hall–Kier alpha value is -1.60. The standard InChI is InChI=1S/C21H22Cl2N2O3S/c22-17-6-8-18(9-7-17)25-13-11-21(20(25)26)10-3-12-24(15-21)29(27,28)14-16-4-1-2-5-19(16)23/h1-2,4-9H,3,10-15H2. The lowest BCUT2D eigenvalue weighted by Crippen LogP contribution is -2.50. The first-order chi connectivity index (χ1) is 13.8. The summed E-state index contributed by atoms with van der Waals surface area (Å²) in [5.74, 6) is -0.157. The van der Waals surface area contributed by atoms with Crippen molar-refractivity contribution in [2.75, 3.05) is 24.5 Å². The number of halogens is 2. The molecule has 5 nitrogen and oxygen atoms in total. The van der Waals surface area contributed by atoms with Crippen LogP contribution in [0.1, 0.15) is 24.8 Å². The molecule has 0 radical (unpaired) electrons. The summed E-state index contributed by atoms with van der Waals surface area (Å²) in [5, 5.41) is 1.05. The Morgan fingerprint density at radius 2 is 1.69 bits per heavy atom. The molecule has 1 amide bonds. The van der Waals surface area contributed by atoms with Gasteiger partial charge in [-0.05, 0) is 55.2 Å². The minimum absolute atomic E-state index is 0.00235. The fourth-order valence-corrected chi connectivity index (χ4v) is 6.38. The van der Waals surface area contributed by atoms with Crippen LogP contribution in [0.25, 0.3) is 0 Å². The van der Waals surface area contributed by atoms with Gasteiger partial charge in [0.1, 0.15) is 0 Å². The van der Waals surface area contributed by atoms with Crippen molar-refractivity contribution in [3.63, 3.8) is 0 Å². The normalized spacial score (nSPS) is 23.1. The van der Waals surface area contributed by atoms with Crippen molar-refractivity contribution in [1.29, 1.82) is 0 Å². The van der Waals surface area contributed by atoms with E-state index in [0.717, 1.165) is 5.69 Å². The van der Waals surface area contributed by atoms with E-state index in [1.165, 1.54) is 4.31 Å². The summed E-state index contributed by atoms with van der Waals surface area (Å²) < 4.78 is 27.6. The molecule has 1 unspecified atom stereocenters. The van der Waals surface area contributed by atoms with Gasteiger partial charge in [-0.3, -0.25) is 4.79 Å². The third-order valence-electron chi connectivity index (χ3n) is 5.88. The van der Waals surface area contributed by atoms with E-state index in [1.807, 2.05) is 12.1 Å². The van der Waals surface area contributed by atoms with Crippen LogP contribution < -0.4 is 4.90 Å². The van der Waals surface area contributed by atoms with Gasteiger partial charge in [-0.15, -0.1) is 0 Å². The van der Waals surface area contributed by atoms with E-state index in [1.54, 1.807) is 41.3 Å². The van der Waals surface area contributed by atoms with E-state index in [2.05, 4.69) is 0 Å². The van der Waals surface area contributed by atoms with Gasteiger partial charge < -0.3 is 4.90 Å². The molecular formula is C21H22Cl2N2O3S. The third kappa shape index (κ3) is 4.04. The highest BCUT2D eigenvalue weighted by Crippen LogP contribution is 2.43. The topological polar surface area (TPSA) is 57.7 Å². The number of piperidine rings is 1. The molecule has 0 aliphatic carbocycles. The van der Waals surface area contributed by atoms with Crippen LogP contribution in [0.2, 0.25) is 10.0 Å². The fraction of sp³-hybridized carbons (Fsp3) is 0.381. The van der Waals surface area contributed by atoms with E-state index in [-0.39, 0.29) is 18.2 Å². The van der Waals surface area contributed by atoms with Crippen LogP contribution >= 0.6 is 23.2 Å². The molecule has 2 aliphatic rings. The van der Waals surface area contributed by atoms with Crippen molar-refractivity contribution in [3.8, 4) is 0 Å². The molecule has 0 N–H and O–H groups in total. The van der Waals surface area contributed by atoms with E-state index in [9.17, 15) is 13.2 Å². The Bertz CT molecular complexity index is 1030. The second-order valence-corrected chi connectivity index (χ2v) is 10.6. The van der Waals surface area contributed by atoms with Gasteiger partial charge in [0.05, 0.1) is 11.2 Å². The SMILES string of the molecule is O=C1N(c2ccc(Cl)cc2)CCC12CCCN(S(=O)(=O)Cc1ccccc1Cl)C2. The molecule has 2 aliphatic heterocycles. The number of hydrogen-bond donors (Lipinski definition) is 0. The van der Waals surface area contributed by atoms with Crippen LogP contribution in [0.5, 0.6) is 0 Å². The maximum atomic E-state index is 13.3. The van der Waals surface area contributed by atoms with Crippen molar-refractivity contribution < 1.29 is 13.2 Å². The van der Waals surface area contributed by atoms with Crippen LogP contribution in [0, 0.1) is 5.41 Å². The van der Waals surface area contributed by atoms with Gasteiger partial charge in [0.25, 0.3) is 0 Å². The molecule has 4 rings (SSSR count). The van der Waals surface area contributed by atoms with Crippen molar-refractivity contribution in [1.82, 2.24) is 4.31 Å². The van der Waals surface area contributed by atoms with Crippen LogP contribution in [0.3, 0.4) is 0 Å². The van der Waals surface area contributed by atoms with Crippen LogP contribution in [-0.4, -0.2) is 38.3 Å². The van der Waals surface area contributed by atoms with Crippen molar-refractivity contribution in [3.05, 3.63) is 64.1 Å². The summed E-state index contributed by atoms with van der Waals surface area (Å²) in [5.41, 5.74) is 0.715. The summed E-state index contributed by atoms with van der Waals surface area (Å²) in [7, 11) is -3.57. The monoisotopic (exact) mass is 452 g/mol.